The zero-order chi connectivity index (χ0) is 13.9. The number of methoxy groups -OCH3 is 1. The van der Waals surface area contributed by atoms with E-state index < -0.39 is 0 Å². The van der Waals surface area contributed by atoms with Crippen LogP contribution in [0, 0.1) is 12.8 Å². The average Bonchev–Trinajstić information content (AvgIpc) is 3.25. The van der Waals surface area contributed by atoms with Gasteiger partial charge in [-0.05, 0) is 31.7 Å². The van der Waals surface area contributed by atoms with Gasteiger partial charge in [-0.1, -0.05) is 6.07 Å². The fraction of sp³-hybridized carbons (Fsp3) is 0.688. The number of nitrogens with zero attached hydrogens (tertiary/aromatic N) is 3. The first kappa shape index (κ1) is 13.8. The van der Waals surface area contributed by atoms with E-state index in [-0.39, 0.29) is 0 Å². The number of hydrogen-bond acceptors (Lipinski definition) is 4. The molecule has 1 aromatic heterocycles. The van der Waals surface area contributed by atoms with E-state index in [4.69, 9.17) is 9.72 Å². The maximum absolute atomic E-state index is 5.25. The molecule has 4 heteroatoms. The number of aromatic nitrogens is 1. The van der Waals surface area contributed by atoms with Crippen LogP contribution in [0.5, 0.6) is 0 Å². The van der Waals surface area contributed by atoms with Crippen molar-refractivity contribution in [2.24, 2.45) is 5.92 Å². The lowest BCUT2D eigenvalue weighted by Crippen LogP contribution is -2.34. The second kappa shape index (κ2) is 6.10. The highest BCUT2D eigenvalue weighted by molar-refractivity contribution is 5.48. The van der Waals surface area contributed by atoms with Gasteiger partial charge in [-0.15, -0.1) is 0 Å². The fourth-order valence-electron chi connectivity index (χ4n) is 2.90. The third-order valence-corrected chi connectivity index (χ3v) is 4.25. The van der Waals surface area contributed by atoms with Gasteiger partial charge in [0.2, 0.25) is 0 Å². The summed E-state index contributed by atoms with van der Waals surface area (Å²) < 4.78 is 5.25. The van der Waals surface area contributed by atoms with E-state index >= 15 is 0 Å². The van der Waals surface area contributed by atoms with E-state index in [1.165, 1.54) is 30.8 Å². The summed E-state index contributed by atoms with van der Waals surface area (Å²) in [7, 11) is 1.77. The summed E-state index contributed by atoms with van der Waals surface area (Å²) in [6, 6.07) is 4.39. The predicted octanol–water partition coefficient (Wildman–Crippen LogP) is 2.07. The Kier molecular flexibility index (Phi) is 4.22. The summed E-state index contributed by atoms with van der Waals surface area (Å²) in [5.74, 6) is 2.11. The van der Waals surface area contributed by atoms with Gasteiger partial charge in [0.15, 0.2) is 0 Å². The molecule has 2 heterocycles. The third kappa shape index (κ3) is 3.30. The number of anilines is 1. The van der Waals surface area contributed by atoms with Crippen molar-refractivity contribution >= 4 is 5.82 Å². The smallest absolute Gasteiger partial charge is 0.133 e. The largest absolute Gasteiger partial charge is 0.383 e. The van der Waals surface area contributed by atoms with E-state index in [9.17, 15) is 0 Å². The lowest BCUT2D eigenvalue weighted by Gasteiger charge is -2.23. The molecule has 0 saturated heterocycles. The zero-order valence-corrected chi connectivity index (χ0v) is 12.6. The van der Waals surface area contributed by atoms with Gasteiger partial charge >= 0.3 is 0 Å². The molecule has 1 saturated carbocycles. The first-order valence-corrected chi connectivity index (χ1v) is 7.69. The molecule has 0 bridgehead atoms. The van der Waals surface area contributed by atoms with Gasteiger partial charge in [-0.3, -0.25) is 4.90 Å². The lowest BCUT2D eigenvalue weighted by molar-refractivity contribution is 0.203. The van der Waals surface area contributed by atoms with Crippen LogP contribution in [0.15, 0.2) is 12.1 Å². The van der Waals surface area contributed by atoms with Gasteiger partial charge < -0.3 is 9.64 Å². The molecule has 0 amide bonds. The van der Waals surface area contributed by atoms with Crippen LogP contribution < -0.4 is 4.90 Å². The molecule has 2 aliphatic rings. The Labute approximate surface area is 121 Å². The van der Waals surface area contributed by atoms with Gasteiger partial charge in [0.25, 0.3) is 0 Å². The second-order valence-corrected chi connectivity index (χ2v) is 6.09. The quantitative estimate of drug-likeness (QED) is 0.822. The predicted molar refractivity (Wildman–Crippen MR) is 81.1 cm³/mol. The molecule has 1 fully saturated rings. The summed E-state index contributed by atoms with van der Waals surface area (Å²) in [5.41, 5.74) is 2.46. The minimum atomic E-state index is 0.762. The maximum atomic E-state index is 5.25. The number of fused-ring (bicyclic) bond motifs is 1. The number of pyridine rings is 1. The first-order chi connectivity index (χ1) is 9.76. The molecule has 1 aromatic rings. The van der Waals surface area contributed by atoms with Crippen LogP contribution in [0.4, 0.5) is 5.82 Å². The minimum Gasteiger partial charge on any atom is -0.383 e. The number of hydrogen-bond donors (Lipinski definition) is 0. The molecule has 0 N–H and O–H groups in total. The molecule has 4 nitrogen and oxygen atoms in total. The van der Waals surface area contributed by atoms with Crippen LogP contribution in [-0.2, 0) is 11.3 Å². The van der Waals surface area contributed by atoms with E-state index in [0.29, 0.717) is 0 Å². The Morgan fingerprint density at radius 1 is 1.30 bits per heavy atom. The molecule has 0 unspecified atom stereocenters. The second-order valence-electron chi connectivity index (χ2n) is 6.09. The van der Waals surface area contributed by atoms with Crippen LogP contribution in [0.3, 0.4) is 0 Å². The molecule has 0 aromatic carbocycles. The normalized spacial score (nSPS) is 19.8. The van der Waals surface area contributed by atoms with Crippen molar-refractivity contribution in [1.29, 1.82) is 0 Å². The Bertz CT molecular complexity index is 459. The highest BCUT2D eigenvalue weighted by Crippen LogP contribution is 2.31. The van der Waals surface area contributed by atoms with Crippen molar-refractivity contribution in [3.63, 3.8) is 0 Å². The van der Waals surface area contributed by atoms with Crippen molar-refractivity contribution in [1.82, 2.24) is 9.88 Å². The van der Waals surface area contributed by atoms with E-state index in [0.717, 1.165) is 44.4 Å². The molecule has 1 aliphatic heterocycles. The van der Waals surface area contributed by atoms with Gasteiger partial charge in [-0.2, -0.15) is 0 Å². The van der Waals surface area contributed by atoms with Crippen molar-refractivity contribution < 1.29 is 4.74 Å². The molecule has 20 heavy (non-hydrogen) atoms. The van der Waals surface area contributed by atoms with Crippen LogP contribution >= 0.6 is 0 Å². The molecule has 0 spiro atoms. The third-order valence-electron chi connectivity index (χ3n) is 4.25. The minimum absolute atomic E-state index is 0.762. The van der Waals surface area contributed by atoms with Crippen LogP contribution in [0.1, 0.15) is 24.1 Å². The van der Waals surface area contributed by atoms with Crippen molar-refractivity contribution in [3.05, 3.63) is 23.4 Å². The van der Waals surface area contributed by atoms with Crippen LogP contribution in [0.25, 0.3) is 0 Å². The highest BCUT2D eigenvalue weighted by Gasteiger charge is 2.27. The van der Waals surface area contributed by atoms with Gasteiger partial charge in [-0.25, -0.2) is 4.98 Å². The van der Waals surface area contributed by atoms with E-state index in [2.05, 4.69) is 28.9 Å². The summed E-state index contributed by atoms with van der Waals surface area (Å²) in [6.07, 6.45) is 2.84. The number of ether oxygens (including phenoxy) is 1. The van der Waals surface area contributed by atoms with Gasteiger partial charge in [0.1, 0.15) is 5.82 Å². The standard InChI is InChI=1S/C16H25N3O/c1-13-3-6-15-12-18(11-14-4-5-14)7-8-19(9-10-20-2)16(15)17-13/h3,6,14H,4-5,7-12H2,1-2H3. The molecule has 3 rings (SSSR count). The molecular weight excluding hydrogens is 250 g/mol. The molecule has 0 atom stereocenters. The highest BCUT2D eigenvalue weighted by atomic mass is 16.5. The first-order valence-electron chi connectivity index (χ1n) is 7.69. The van der Waals surface area contributed by atoms with Crippen LogP contribution in [0.2, 0.25) is 0 Å². The summed E-state index contributed by atoms with van der Waals surface area (Å²) in [6.45, 7) is 8.25. The number of rotatable bonds is 5. The topological polar surface area (TPSA) is 28.6 Å². The molecule has 0 radical (unpaired) electrons. The summed E-state index contributed by atoms with van der Waals surface area (Å²) in [5, 5.41) is 0. The Hall–Kier alpha value is -1.13. The Morgan fingerprint density at radius 2 is 2.15 bits per heavy atom. The zero-order valence-electron chi connectivity index (χ0n) is 12.6. The summed E-state index contributed by atoms with van der Waals surface area (Å²) in [4.78, 5) is 9.77. The molecule has 110 valence electrons. The fourth-order valence-corrected chi connectivity index (χ4v) is 2.90. The number of aryl methyl sites for hydroxylation is 1. The summed E-state index contributed by atoms with van der Waals surface area (Å²) >= 11 is 0. The lowest BCUT2D eigenvalue weighted by atomic mass is 10.2. The average molecular weight is 275 g/mol. The van der Waals surface area contributed by atoms with Crippen molar-refractivity contribution in [3.8, 4) is 0 Å². The van der Waals surface area contributed by atoms with Crippen LogP contribution in [-0.4, -0.2) is 49.8 Å². The van der Waals surface area contributed by atoms with Gasteiger partial charge in [0.05, 0.1) is 6.61 Å². The molecular formula is C16H25N3O. The Morgan fingerprint density at radius 3 is 2.90 bits per heavy atom. The molecule has 1 aliphatic carbocycles. The van der Waals surface area contributed by atoms with Crippen molar-refractivity contribution in [2.75, 3.05) is 44.8 Å². The Balaban J connectivity index is 1.79. The maximum Gasteiger partial charge on any atom is 0.133 e. The van der Waals surface area contributed by atoms with Gasteiger partial charge in [0, 0.05) is 51.1 Å². The van der Waals surface area contributed by atoms with E-state index in [1.54, 1.807) is 7.11 Å². The monoisotopic (exact) mass is 275 g/mol. The SMILES string of the molecule is COCCN1CCN(CC2CC2)Cc2ccc(C)nc21. The van der Waals surface area contributed by atoms with Crippen molar-refractivity contribution in [2.45, 2.75) is 26.3 Å². The van der Waals surface area contributed by atoms with E-state index in [1.807, 2.05) is 0 Å².